The number of ether oxygens (including phenoxy) is 1. The number of aromatic nitrogens is 4. The van der Waals surface area contributed by atoms with E-state index in [4.69, 9.17) is 9.16 Å². The standard InChI is InChI=1S/C46H53FN8O4Si/c1-46(2,3)60(37-14-9-7-10-15-37,38-16-11-8-12-17-38)59-29-13-18-44-50-51-45(33-19-21-34(47)22-20-33)54(44)36-23-26-48-43(30-36)49-39-31-41(55(56)57)40(32-42(39)58-6)53-27-24-35(25-28-53)52(4)5/h7-12,14-17,19-23,26,30-32,35H,13,18,24-25,27-29H2,1-6H3,(H,48,49). The zero-order valence-corrected chi connectivity index (χ0v) is 36.1. The Balaban J connectivity index is 1.19. The molecule has 60 heavy (non-hydrogen) atoms. The third-order valence-electron chi connectivity index (χ3n) is 11.4. The molecule has 4 aromatic carbocycles. The second-order valence-corrected chi connectivity index (χ2v) is 20.7. The van der Waals surface area contributed by atoms with Crippen LogP contribution < -0.4 is 25.3 Å². The molecule has 0 atom stereocenters. The lowest BCUT2D eigenvalue weighted by atomic mass is 10.0. The van der Waals surface area contributed by atoms with Crippen LogP contribution in [0.15, 0.2) is 115 Å². The van der Waals surface area contributed by atoms with E-state index in [-0.39, 0.29) is 21.5 Å². The fourth-order valence-electron chi connectivity index (χ4n) is 8.36. The Labute approximate surface area is 352 Å². The molecule has 6 aromatic rings. The van der Waals surface area contributed by atoms with Gasteiger partial charge in [0.2, 0.25) is 0 Å². The number of nitrogens with one attached hydrogen (secondary N) is 1. The van der Waals surface area contributed by atoms with Gasteiger partial charge in [-0.1, -0.05) is 81.4 Å². The summed E-state index contributed by atoms with van der Waals surface area (Å²) in [6, 6.07) is 34.6. The van der Waals surface area contributed by atoms with Crippen LogP contribution in [0.2, 0.25) is 5.04 Å². The Kier molecular flexibility index (Phi) is 12.7. The summed E-state index contributed by atoms with van der Waals surface area (Å²) in [5, 5.41) is 27.3. The summed E-state index contributed by atoms with van der Waals surface area (Å²) < 4.78 is 29.0. The molecule has 1 aliphatic rings. The predicted molar refractivity (Wildman–Crippen MR) is 238 cm³/mol. The third-order valence-corrected chi connectivity index (χ3v) is 16.4. The smallest absolute Gasteiger partial charge is 0.294 e. The Morgan fingerprint density at radius 1 is 0.917 bits per heavy atom. The number of nitrogens with zero attached hydrogens (tertiary/aromatic N) is 7. The van der Waals surface area contributed by atoms with E-state index in [2.05, 4.69) is 114 Å². The number of benzene rings is 4. The summed E-state index contributed by atoms with van der Waals surface area (Å²) in [5.74, 6) is 1.75. The highest BCUT2D eigenvalue weighted by atomic mass is 28.4. The van der Waals surface area contributed by atoms with E-state index in [9.17, 15) is 14.5 Å². The van der Waals surface area contributed by atoms with Crippen molar-refractivity contribution in [3.63, 3.8) is 0 Å². The van der Waals surface area contributed by atoms with Crippen molar-refractivity contribution in [2.45, 2.75) is 57.5 Å². The van der Waals surface area contributed by atoms with E-state index in [1.807, 2.05) is 28.8 Å². The second-order valence-electron chi connectivity index (χ2n) is 16.4. The van der Waals surface area contributed by atoms with E-state index in [1.54, 1.807) is 31.5 Å². The van der Waals surface area contributed by atoms with Crippen molar-refractivity contribution in [1.29, 1.82) is 0 Å². The van der Waals surface area contributed by atoms with Gasteiger partial charge in [0.15, 0.2) is 5.82 Å². The molecule has 14 heteroatoms. The largest absolute Gasteiger partial charge is 0.494 e. The maximum absolute atomic E-state index is 14.1. The maximum Gasteiger partial charge on any atom is 0.294 e. The van der Waals surface area contributed by atoms with Crippen molar-refractivity contribution in [1.82, 2.24) is 24.6 Å². The number of aryl methyl sites for hydroxylation is 1. The SMILES string of the molecule is COc1cc(N2CCC(N(C)C)CC2)c([N+](=O)[O-])cc1Nc1cc(-n2c(CCCO[Si](c3ccccc3)(c3ccccc3)C(C)(C)C)nnc2-c2ccc(F)cc2)ccn1. The van der Waals surface area contributed by atoms with Crippen molar-refractivity contribution in [2.24, 2.45) is 0 Å². The van der Waals surface area contributed by atoms with Crippen molar-refractivity contribution < 1.29 is 18.5 Å². The van der Waals surface area contributed by atoms with Gasteiger partial charge in [0.1, 0.15) is 28.9 Å². The number of rotatable bonds is 15. The average Bonchev–Trinajstić information content (AvgIpc) is 3.68. The summed E-state index contributed by atoms with van der Waals surface area (Å²) in [6.07, 6.45) is 4.66. The van der Waals surface area contributed by atoms with Crippen LogP contribution in [0.4, 0.5) is 27.3 Å². The van der Waals surface area contributed by atoms with Gasteiger partial charge < -0.3 is 24.3 Å². The topological polar surface area (TPSA) is 124 Å². The highest BCUT2D eigenvalue weighted by Crippen LogP contribution is 2.41. The second kappa shape index (κ2) is 18.1. The van der Waals surface area contributed by atoms with Gasteiger partial charge >= 0.3 is 0 Å². The van der Waals surface area contributed by atoms with Gasteiger partial charge in [0, 0.05) is 62.1 Å². The van der Waals surface area contributed by atoms with Crippen molar-refractivity contribution in [3.8, 4) is 22.8 Å². The Bertz CT molecular complexity index is 2340. The lowest BCUT2D eigenvalue weighted by Gasteiger charge is -2.43. The van der Waals surface area contributed by atoms with E-state index in [0.29, 0.717) is 84.4 Å². The molecule has 0 unspecified atom stereocenters. The average molecular weight is 829 g/mol. The molecule has 0 saturated carbocycles. The van der Waals surface area contributed by atoms with Gasteiger partial charge in [-0.15, -0.1) is 10.2 Å². The van der Waals surface area contributed by atoms with Gasteiger partial charge in [-0.25, -0.2) is 9.37 Å². The molecule has 7 rings (SSSR count). The van der Waals surface area contributed by atoms with Gasteiger partial charge in [-0.2, -0.15) is 0 Å². The number of methoxy groups -OCH3 is 1. The first-order valence-electron chi connectivity index (χ1n) is 20.4. The van der Waals surface area contributed by atoms with Crippen molar-refractivity contribution in [2.75, 3.05) is 51.1 Å². The monoisotopic (exact) mass is 828 g/mol. The Hall–Kier alpha value is -5.96. The molecule has 312 valence electrons. The normalized spacial score (nSPS) is 13.8. The van der Waals surface area contributed by atoms with Crippen LogP contribution in [0.1, 0.15) is 45.9 Å². The molecule has 0 radical (unpaired) electrons. The minimum absolute atomic E-state index is 0.0160. The van der Waals surface area contributed by atoms with E-state index in [0.717, 1.165) is 12.8 Å². The highest BCUT2D eigenvalue weighted by Gasteiger charge is 2.50. The zero-order valence-electron chi connectivity index (χ0n) is 35.1. The van der Waals surface area contributed by atoms with Crippen LogP contribution in [-0.2, 0) is 10.8 Å². The van der Waals surface area contributed by atoms with Crippen molar-refractivity contribution in [3.05, 3.63) is 137 Å². The molecule has 2 aromatic heterocycles. The summed E-state index contributed by atoms with van der Waals surface area (Å²) in [5.41, 5.74) is 2.31. The van der Waals surface area contributed by atoms with Gasteiger partial charge in [0.05, 0.1) is 23.4 Å². The number of piperidine rings is 1. The van der Waals surface area contributed by atoms with Gasteiger partial charge in [-0.3, -0.25) is 14.7 Å². The van der Waals surface area contributed by atoms with Crippen molar-refractivity contribution >= 4 is 41.6 Å². The summed E-state index contributed by atoms with van der Waals surface area (Å²) in [4.78, 5) is 21.0. The summed E-state index contributed by atoms with van der Waals surface area (Å²) in [6.45, 7) is 8.67. The molecule has 1 fully saturated rings. The van der Waals surface area contributed by atoms with Crippen LogP contribution in [0.25, 0.3) is 17.1 Å². The molecule has 0 amide bonds. The van der Waals surface area contributed by atoms with Crippen LogP contribution in [0.5, 0.6) is 5.75 Å². The van der Waals surface area contributed by atoms with E-state index in [1.165, 1.54) is 28.6 Å². The minimum atomic E-state index is -2.75. The summed E-state index contributed by atoms with van der Waals surface area (Å²) >= 11 is 0. The minimum Gasteiger partial charge on any atom is -0.494 e. The first kappa shape index (κ1) is 42.2. The number of anilines is 3. The zero-order chi connectivity index (χ0) is 42.4. The fraction of sp³-hybridized carbons (Fsp3) is 0.326. The van der Waals surface area contributed by atoms with E-state index < -0.39 is 8.32 Å². The van der Waals surface area contributed by atoms with Gasteiger partial charge in [0.25, 0.3) is 14.0 Å². The van der Waals surface area contributed by atoms with Crippen LogP contribution >= 0.6 is 0 Å². The molecule has 1 N–H and O–H groups in total. The molecule has 0 spiro atoms. The molecule has 12 nitrogen and oxygen atoms in total. The number of pyridine rings is 1. The van der Waals surface area contributed by atoms with Gasteiger partial charge in [-0.05, 0) is 79.1 Å². The number of hydrogen-bond donors (Lipinski definition) is 1. The molecular formula is C46H53FN8O4Si. The molecule has 1 saturated heterocycles. The molecule has 3 heterocycles. The fourth-order valence-corrected chi connectivity index (χ4v) is 13.0. The summed E-state index contributed by atoms with van der Waals surface area (Å²) in [7, 11) is 2.93. The quantitative estimate of drug-likeness (QED) is 0.0470. The van der Waals surface area contributed by atoms with Crippen LogP contribution in [0.3, 0.4) is 0 Å². The third kappa shape index (κ3) is 8.81. The first-order chi connectivity index (χ1) is 28.9. The Morgan fingerprint density at radius 3 is 2.15 bits per heavy atom. The Morgan fingerprint density at radius 2 is 1.57 bits per heavy atom. The molecule has 0 bridgehead atoms. The number of hydrogen-bond acceptors (Lipinski definition) is 10. The number of nitro groups is 1. The first-order valence-corrected chi connectivity index (χ1v) is 22.3. The lowest BCUT2D eigenvalue weighted by Crippen LogP contribution is -2.66. The number of halogens is 1. The molecule has 0 aliphatic carbocycles. The molecular weight excluding hydrogens is 776 g/mol. The maximum atomic E-state index is 14.1. The highest BCUT2D eigenvalue weighted by molar-refractivity contribution is 6.99. The van der Waals surface area contributed by atoms with E-state index >= 15 is 0 Å². The van der Waals surface area contributed by atoms with Crippen LogP contribution in [0, 0.1) is 15.9 Å². The van der Waals surface area contributed by atoms with Crippen LogP contribution in [-0.4, -0.2) is 84.8 Å². The molecule has 1 aliphatic heterocycles. The predicted octanol–water partition coefficient (Wildman–Crippen LogP) is 8.17. The number of nitro benzene ring substituents is 1. The lowest BCUT2D eigenvalue weighted by molar-refractivity contribution is -0.384.